The molecular formula is C23H31N3O5. The number of rotatable bonds is 7. The fourth-order valence-electron chi connectivity index (χ4n) is 4.05. The van der Waals surface area contributed by atoms with Crippen molar-refractivity contribution in [2.45, 2.75) is 37.7 Å². The maximum absolute atomic E-state index is 10.7. The predicted octanol–water partition coefficient (Wildman–Crippen LogP) is 2.52. The normalized spacial score (nSPS) is 19.6. The summed E-state index contributed by atoms with van der Waals surface area (Å²) in [6.45, 7) is 6.97. The Morgan fingerprint density at radius 1 is 1.16 bits per heavy atom. The van der Waals surface area contributed by atoms with Gasteiger partial charge in [-0.2, -0.15) is 0 Å². The Balaban J connectivity index is 1.51. The summed E-state index contributed by atoms with van der Waals surface area (Å²) in [5, 5.41) is 17.5. The van der Waals surface area contributed by atoms with Crippen LogP contribution in [0.3, 0.4) is 0 Å². The van der Waals surface area contributed by atoms with E-state index in [0.29, 0.717) is 31.5 Å². The topological polar surface area (TPSA) is 97.5 Å². The van der Waals surface area contributed by atoms with Crippen LogP contribution in [0.1, 0.15) is 38.0 Å². The lowest BCUT2D eigenvalue weighted by molar-refractivity contribution is 0.0435. The van der Waals surface area contributed by atoms with Gasteiger partial charge >= 0.3 is 0 Å². The summed E-state index contributed by atoms with van der Waals surface area (Å²) in [5.74, 6) is 2.72. The molecule has 4 rings (SSSR count). The molecule has 0 radical (unpaired) electrons. The number of guanidine groups is 1. The summed E-state index contributed by atoms with van der Waals surface area (Å²) in [5.41, 5.74) is -0.0932. The van der Waals surface area contributed by atoms with Crippen molar-refractivity contribution in [1.82, 2.24) is 10.6 Å². The Labute approximate surface area is 182 Å². The van der Waals surface area contributed by atoms with E-state index in [0.717, 1.165) is 30.9 Å². The summed E-state index contributed by atoms with van der Waals surface area (Å²) >= 11 is 0. The first-order valence-electron chi connectivity index (χ1n) is 10.8. The van der Waals surface area contributed by atoms with E-state index in [9.17, 15) is 5.11 Å². The molecule has 1 aromatic heterocycles. The number of aliphatic hydroxyl groups is 1. The zero-order valence-electron chi connectivity index (χ0n) is 18.1. The quantitative estimate of drug-likeness (QED) is 0.460. The van der Waals surface area contributed by atoms with E-state index in [1.165, 1.54) is 5.56 Å². The highest BCUT2D eigenvalue weighted by atomic mass is 16.7. The maximum atomic E-state index is 10.7. The maximum Gasteiger partial charge on any atom is 0.231 e. The Kier molecular flexibility index (Phi) is 6.38. The first-order valence-corrected chi connectivity index (χ1v) is 10.8. The summed E-state index contributed by atoms with van der Waals surface area (Å²) in [6.07, 6.45) is 3.34. The van der Waals surface area contributed by atoms with Crippen LogP contribution in [-0.2, 0) is 15.8 Å². The molecular weight excluding hydrogens is 398 g/mol. The molecule has 31 heavy (non-hydrogen) atoms. The van der Waals surface area contributed by atoms with Crippen LogP contribution in [0.25, 0.3) is 0 Å². The van der Waals surface area contributed by atoms with Crippen molar-refractivity contribution < 1.29 is 23.7 Å². The molecule has 0 spiro atoms. The van der Waals surface area contributed by atoms with Crippen molar-refractivity contribution in [1.29, 1.82) is 0 Å². The highest BCUT2D eigenvalue weighted by Crippen LogP contribution is 2.40. The second kappa shape index (κ2) is 9.20. The third-order valence-electron chi connectivity index (χ3n) is 5.97. The van der Waals surface area contributed by atoms with Gasteiger partial charge in [-0.15, -0.1) is 0 Å². The average Bonchev–Trinajstić information content (AvgIpc) is 3.48. The lowest BCUT2D eigenvalue weighted by Crippen LogP contribution is -2.48. The molecule has 0 bridgehead atoms. The second-order valence-corrected chi connectivity index (χ2v) is 8.26. The Morgan fingerprint density at radius 2 is 1.97 bits per heavy atom. The molecule has 2 aliphatic heterocycles. The van der Waals surface area contributed by atoms with Gasteiger partial charge in [0.1, 0.15) is 11.4 Å². The minimum Gasteiger partial charge on any atom is -0.466 e. The van der Waals surface area contributed by atoms with Gasteiger partial charge in [0, 0.05) is 31.7 Å². The zero-order chi connectivity index (χ0) is 21.7. The smallest absolute Gasteiger partial charge is 0.231 e. The highest BCUT2D eigenvalue weighted by Gasteiger charge is 2.36. The van der Waals surface area contributed by atoms with Crippen LogP contribution in [-0.4, -0.2) is 50.7 Å². The van der Waals surface area contributed by atoms with E-state index in [4.69, 9.17) is 18.6 Å². The molecule has 2 aliphatic rings. The first-order chi connectivity index (χ1) is 15.0. The largest absolute Gasteiger partial charge is 0.466 e. The molecule has 168 valence electrons. The first kappa shape index (κ1) is 21.5. The monoisotopic (exact) mass is 429 g/mol. The van der Waals surface area contributed by atoms with Gasteiger partial charge in [0.05, 0.1) is 12.8 Å². The summed E-state index contributed by atoms with van der Waals surface area (Å²) < 4.78 is 22.1. The SMILES string of the molecule is CCNC(=NCC(C)(O)c1ccco1)NCC1(c2ccc3c(c2)OCO3)CCOCC1. The standard InChI is InChI=1S/C23H31N3O5/c1-3-24-21(25-14-22(2,27)20-5-4-10-29-20)26-15-23(8-11-28-12-9-23)17-6-7-18-19(13-17)31-16-30-18/h4-7,10,13,27H,3,8-9,11-12,14-16H2,1-2H3,(H2,24,25,26). The van der Waals surface area contributed by atoms with E-state index < -0.39 is 5.60 Å². The molecule has 3 heterocycles. The van der Waals surface area contributed by atoms with Crippen molar-refractivity contribution in [3.63, 3.8) is 0 Å². The van der Waals surface area contributed by atoms with Gasteiger partial charge in [-0.1, -0.05) is 6.07 Å². The van der Waals surface area contributed by atoms with Gasteiger partial charge in [-0.25, -0.2) is 4.99 Å². The molecule has 1 unspecified atom stereocenters. The Hall–Kier alpha value is -2.71. The minimum atomic E-state index is -1.18. The number of ether oxygens (including phenoxy) is 3. The fourth-order valence-corrected chi connectivity index (χ4v) is 4.05. The molecule has 0 aliphatic carbocycles. The fraction of sp³-hybridized carbons (Fsp3) is 0.522. The lowest BCUT2D eigenvalue weighted by atomic mass is 9.74. The van der Waals surface area contributed by atoms with Gasteiger partial charge in [0.25, 0.3) is 0 Å². The summed E-state index contributed by atoms with van der Waals surface area (Å²) in [7, 11) is 0. The number of furan rings is 1. The number of hydrogen-bond donors (Lipinski definition) is 3. The third kappa shape index (κ3) is 4.80. The van der Waals surface area contributed by atoms with Crippen LogP contribution < -0.4 is 20.1 Å². The van der Waals surface area contributed by atoms with Crippen LogP contribution in [0.4, 0.5) is 0 Å². The van der Waals surface area contributed by atoms with Crippen molar-refractivity contribution in [2.24, 2.45) is 4.99 Å². The van der Waals surface area contributed by atoms with E-state index in [1.54, 1.807) is 25.3 Å². The molecule has 0 amide bonds. The van der Waals surface area contributed by atoms with Crippen LogP contribution in [0, 0.1) is 0 Å². The van der Waals surface area contributed by atoms with Crippen molar-refractivity contribution >= 4 is 5.96 Å². The van der Waals surface area contributed by atoms with Gasteiger partial charge in [0.2, 0.25) is 6.79 Å². The number of fused-ring (bicyclic) bond motifs is 1. The molecule has 1 fully saturated rings. The van der Waals surface area contributed by atoms with Crippen molar-refractivity contribution in [2.75, 3.05) is 39.6 Å². The zero-order valence-corrected chi connectivity index (χ0v) is 18.1. The van der Waals surface area contributed by atoms with Gasteiger partial charge in [0.15, 0.2) is 17.5 Å². The number of benzene rings is 1. The van der Waals surface area contributed by atoms with Gasteiger partial charge in [-0.05, 0) is 56.5 Å². The van der Waals surface area contributed by atoms with Crippen LogP contribution >= 0.6 is 0 Å². The summed E-state index contributed by atoms with van der Waals surface area (Å²) in [6, 6.07) is 9.70. The lowest BCUT2D eigenvalue weighted by Gasteiger charge is -2.38. The van der Waals surface area contributed by atoms with E-state index in [2.05, 4.69) is 27.8 Å². The number of aliphatic imine (C=N–C) groups is 1. The second-order valence-electron chi connectivity index (χ2n) is 8.26. The number of nitrogens with zero attached hydrogens (tertiary/aromatic N) is 1. The van der Waals surface area contributed by atoms with E-state index in [-0.39, 0.29) is 18.8 Å². The molecule has 8 nitrogen and oxygen atoms in total. The Morgan fingerprint density at radius 3 is 2.71 bits per heavy atom. The minimum absolute atomic E-state index is 0.112. The summed E-state index contributed by atoms with van der Waals surface area (Å²) in [4.78, 5) is 4.62. The molecule has 8 heteroatoms. The molecule has 1 atom stereocenters. The molecule has 0 saturated carbocycles. The molecule has 1 aromatic carbocycles. The molecule has 2 aromatic rings. The van der Waals surface area contributed by atoms with E-state index in [1.807, 2.05) is 13.0 Å². The number of hydrogen-bond acceptors (Lipinski definition) is 6. The van der Waals surface area contributed by atoms with Crippen molar-refractivity contribution in [3.8, 4) is 11.5 Å². The Bertz CT molecular complexity index is 889. The van der Waals surface area contributed by atoms with Gasteiger partial charge in [-0.3, -0.25) is 0 Å². The van der Waals surface area contributed by atoms with Crippen LogP contribution in [0.2, 0.25) is 0 Å². The van der Waals surface area contributed by atoms with Crippen molar-refractivity contribution in [3.05, 3.63) is 47.9 Å². The van der Waals surface area contributed by atoms with Crippen LogP contribution in [0.15, 0.2) is 46.0 Å². The van der Waals surface area contributed by atoms with Crippen LogP contribution in [0.5, 0.6) is 11.5 Å². The predicted molar refractivity (Wildman–Crippen MR) is 117 cm³/mol. The van der Waals surface area contributed by atoms with E-state index >= 15 is 0 Å². The molecule has 3 N–H and O–H groups in total. The highest BCUT2D eigenvalue weighted by molar-refractivity contribution is 5.80. The third-order valence-corrected chi connectivity index (χ3v) is 5.97. The average molecular weight is 430 g/mol. The number of nitrogens with one attached hydrogen (secondary N) is 2. The van der Waals surface area contributed by atoms with Gasteiger partial charge < -0.3 is 34.4 Å². The molecule has 1 saturated heterocycles.